The zero-order valence-corrected chi connectivity index (χ0v) is 17.6. The predicted octanol–water partition coefficient (Wildman–Crippen LogP) is -0.271. The fourth-order valence-electron chi connectivity index (χ4n) is 2.07. The fourth-order valence-corrected chi connectivity index (χ4v) is 3.14. The van der Waals surface area contributed by atoms with E-state index in [1.807, 2.05) is 27.7 Å². The molecule has 9 nitrogen and oxygen atoms in total. The Labute approximate surface area is 165 Å². The van der Waals surface area contributed by atoms with Crippen LogP contribution in [0.25, 0.3) is 0 Å². The van der Waals surface area contributed by atoms with E-state index in [0.29, 0.717) is 0 Å². The van der Waals surface area contributed by atoms with Crippen LogP contribution in [0.4, 0.5) is 0 Å². The second-order valence-electron chi connectivity index (χ2n) is 7.42. The molecule has 0 heterocycles. The molecule has 3 amide bonds. The van der Waals surface area contributed by atoms with Crippen LogP contribution in [0.3, 0.4) is 0 Å². The quantitative estimate of drug-likeness (QED) is 0.466. The van der Waals surface area contributed by atoms with E-state index < -0.39 is 33.9 Å². The number of benzene rings is 1. The molecule has 0 saturated heterocycles. The number of hydrogen-bond acceptors (Lipinski definition) is 5. The first-order valence-corrected chi connectivity index (χ1v) is 10.2. The molecule has 1 rings (SSSR count). The molecule has 28 heavy (non-hydrogen) atoms. The maximum absolute atomic E-state index is 12.2. The van der Waals surface area contributed by atoms with Crippen molar-refractivity contribution in [3.63, 3.8) is 0 Å². The lowest BCUT2D eigenvalue weighted by Crippen LogP contribution is -2.48. The van der Waals surface area contributed by atoms with Gasteiger partial charge in [0.05, 0.1) is 24.5 Å². The summed E-state index contributed by atoms with van der Waals surface area (Å²) >= 11 is 0. The van der Waals surface area contributed by atoms with E-state index >= 15 is 0 Å². The van der Waals surface area contributed by atoms with Crippen molar-refractivity contribution < 1.29 is 22.8 Å². The van der Waals surface area contributed by atoms with Crippen LogP contribution in [-0.4, -0.2) is 51.3 Å². The van der Waals surface area contributed by atoms with Crippen LogP contribution in [0.2, 0.25) is 0 Å². The highest BCUT2D eigenvalue weighted by molar-refractivity contribution is 7.89. The first-order chi connectivity index (χ1) is 12.8. The minimum Gasteiger partial charge on any atom is -0.350 e. The highest BCUT2D eigenvalue weighted by Gasteiger charge is 2.17. The number of nitrogens with one attached hydrogen (secondary N) is 4. The van der Waals surface area contributed by atoms with Crippen molar-refractivity contribution in [1.82, 2.24) is 20.7 Å². The number of rotatable bonds is 8. The Hall–Kier alpha value is -2.46. The third kappa shape index (κ3) is 8.49. The molecule has 0 unspecified atom stereocenters. The Morgan fingerprint density at radius 2 is 1.39 bits per heavy atom. The predicted molar refractivity (Wildman–Crippen MR) is 105 cm³/mol. The summed E-state index contributed by atoms with van der Waals surface area (Å²) in [5, 5.41) is 7.34. The highest BCUT2D eigenvalue weighted by atomic mass is 32.2. The molecular weight excluding hydrogens is 384 g/mol. The topological polar surface area (TPSA) is 133 Å². The number of carbonyl (C=O) groups excluding carboxylic acids is 3. The summed E-state index contributed by atoms with van der Waals surface area (Å²) in [6.07, 6.45) is 0. The average molecular weight is 413 g/mol. The van der Waals surface area contributed by atoms with Crippen molar-refractivity contribution in [3.05, 3.63) is 29.3 Å². The SMILES string of the molecule is Cc1ccc(S(=O)(=O)NCC(=O)NCC(=O)NCC(=O)NC(C)(C)C)cc1C. The van der Waals surface area contributed by atoms with Crippen molar-refractivity contribution in [2.75, 3.05) is 19.6 Å². The Balaban J connectivity index is 2.41. The van der Waals surface area contributed by atoms with Crippen LogP contribution in [0.1, 0.15) is 31.9 Å². The lowest BCUT2D eigenvalue weighted by molar-refractivity contribution is -0.127. The number of aryl methyl sites for hydroxylation is 2. The summed E-state index contributed by atoms with van der Waals surface area (Å²) in [6.45, 7) is 8.00. The number of amides is 3. The van der Waals surface area contributed by atoms with E-state index in [9.17, 15) is 22.8 Å². The molecule has 1 aromatic carbocycles. The molecule has 0 spiro atoms. The van der Waals surface area contributed by atoms with Gasteiger partial charge in [-0.3, -0.25) is 14.4 Å². The smallest absolute Gasteiger partial charge is 0.241 e. The second kappa shape index (κ2) is 9.65. The van der Waals surface area contributed by atoms with E-state index in [-0.39, 0.29) is 23.9 Å². The summed E-state index contributed by atoms with van der Waals surface area (Å²) in [4.78, 5) is 35.1. The fraction of sp³-hybridized carbons (Fsp3) is 0.500. The van der Waals surface area contributed by atoms with E-state index in [1.165, 1.54) is 12.1 Å². The van der Waals surface area contributed by atoms with Crippen molar-refractivity contribution in [1.29, 1.82) is 0 Å². The van der Waals surface area contributed by atoms with Gasteiger partial charge < -0.3 is 16.0 Å². The molecule has 0 fully saturated rings. The van der Waals surface area contributed by atoms with Gasteiger partial charge >= 0.3 is 0 Å². The Kier molecular flexibility index (Phi) is 8.13. The molecular formula is C18H28N4O5S. The van der Waals surface area contributed by atoms with Crippen molar-refractivity contribution >= 4 is 27.7 Å². The third-order valence-corrected chi connectivity index (χ3v) is 5.02. The van der Waals surface area contributed by atoms with Crippen LogP contribution in [0.15, 0.2) is 23.1 Å². The van der Waals surface area contributed by atoms with Gasteiger partial charge in [0.2, 0.25) is 27.7 Å². The maximum Gasteiger partial charge on any atom is 0.241 e. The molecule has 0 bridgehead atoms. The minimum atomic E-state index is -3.84. The lowest BCUT2D eigenvalue weighted by Gasteiger charge is -2.20. The van der Waals surface area contributed by atoms with Crippen LogP contribution in [0.5, 0.6) is 0 Å². The molecule has 0 aliphatic rings. The number of carbonyl (C=O) groups is 3. The summed E-state index contributed by atoms with van der Waals surface area (Å²) in [5.74, 6) is -1.58. The second-order valence-corrected chi connectivity index (χ2v) is 9.19. The first-order valence-electron chi connectivity index (χ1n) is 8.71. The zero-order chi connectivity index (χ0) is 21.5. The van der Waals surface area contributed by atoms with Crippen LogP contribution < -0.4 is 20.7 Å². The van der Waals surface area contributed by atoms with Crippen LogP contribution in [0, 0.1) is 13.8 Å². The zero-order valence-electron chi connectivity index (χ0n) is 16.8. The number of sulfonamides is 1. The highest BCUT2D eigenvalue weighted by Crippen LogP contribution is 2.14. The first kappa shape index (κ1) is 23.6. The Morgan fingerprint density at radius 3 is 1.93 bits per heavy atom. The van der Waals surface area contributed by atoms with Crippen molar-refractivity contribution in [2.24, 2.45) is 0 Å². The summed E-state index contributed by atoms with van der Waals surface area (Å²) in [5.41, 5.74) is 1.36. The van der Waals surface area contributed by atoms with Gasteiger partial charge in [0.15, 0.2) is 0 Å². The molecule has 10 heteroatoms. The number of hydrogen-bond donors (Lipinski definition) is 4. The Bertz CT molecular complexity index is 844. The van der Waals surface area contributed by atoms with Gasteiger partial charge in [-0.15, -0.1) is 0 Å². The molecule has 0 radical (unpaired) electrons. The molecule has 0 aliphatic carbocycles. The van der Waals surface area contributed by atoms with Gasteiger partial charge in [0.25, 0.3) is 0 Å². The molecule has 0 aliphatic heterocycles. The van der Waals surface area contributed by atoms with Gasteiger partial charge in [-0.2, -0.15) is 0 Å². The molecule has 0 saturated carbocycles. The van der Waals surface area contributed by atoms with Crippen LogP contribution in [-0.2, 0) is 24.4 Å². The van der Waals surface area contributed by atoms with Gasteiger partial charge in [-0.05, 0) is 57.9 Å². The standard InChI is InChI=1S/C18H28N4O5S/c1-12-6-7-14(8-13(12)2)28(26,27)21-11-16(24)19-9-15(23)20-10-17(25)22-18(3,4)5/h6-8,21H,9-11H2,1-5H3,(H,19,24)(H,20,23)(H,22,25). The van der Waals surface area contributed by atoms with E-state index in [2.05, 4.69) is 20.7 Å². The van der Waals surface area contributed by atoms with Crippen molar-refractivity contribution in [2.45, 2.75) is 45.1 Å². The Morgan fingerprint density at radius 1 is 0.857 bits per heavy atom. The van der Waals surface area contributed by atoms with E-state index in [1.54, 1.807) is 13.0 Å². The largest absolute Gasteiger partial charge is 0.350 e. The lowest BCUT2D eigenvalue weighted by atomic mass is 10.1. The molecule has 0 atom stereocenters. The molecule has 4 N–H and O–H groups in total. The molecule has 0 aromatic heterocycles. The van der Waals surface area contributed by atoms with Gasteiger partial charge in [-0.1, -0.05) is 6.07 Å². The monoisotopic (exact) mass is 412 g/mol. The third-order valence-electron chi connectivity index (χ3n) is 3.62. The van der Waals surface area contributed by atoms with Gasteiger partial charge in [0.1, 0.15) is 0 Å². The average Bonchev–Trinajstić information content (AvgIpc) is 2.57. The van der Waals surface area contributed by atoms with Crippen LogP contribution >= 0.6 is 0 Å². The normalized spacial score (nSPS) is 11.6. The summed E-state index contributed by atoms with van der Waals surface area (Å²) in [7, 11) is -3.84. The van der Waals surface area contributed by atoms with Gasteiger partial charge in [-0.25, -0.2) is 13.1 Å². The summed E-state index contributed by atoms with van der Waals surface area (Å²) in [6, 6.07) is 4.66. The van der Waals surface area contributed by atoms with Gasteiger partial charge in [0, 0.05) is 5.54 Å². The maximum atomic E-state index is 12.2. The minimum absolute atomic E-state index is 0.0611. The van der Waals surface area contributed by atoms with E-state index in [4.69, 9.17) is 0 Å². The summed E-state index contributed by atoms with van der Waals surface area (Å²) < 4.78 is 26.6. The van der Waals surface area contributed by atoms with Crippen molar-refractivity contribution in [3.8, 4) is 0 Å². The molecule has 1 aromatic rings. The molecule has 156 valence electrons. The van der Waals surface area contributed by atoms with E-state index in [0.717, 1.165) is 11.1 Å².